The van der Waals surface area contributed by atoms with E-state index in [1.165, 1.54) is 10.5 Å². The fourth-order valence-corrected chi connectivity index (χ4v) is 1.74. The van der Waals surface area contributed by atoms with Crippen LogP contribution in [-0.4, -0.2) is 19.3 Å². The van der Waals surface area contributed by atoms with Crippen molar-refractivity contribution in [2.75, 3.05) is 13.3 Å². The van der Waals surface area contributed by atoms with Crippen LogP contribution >= 0.6 is 11.8 Å². The van der Waals surface area contributed by atoms with Gasteiger partial charge in [-0.3, -0.25) is 0 Å². The number of rotatable bonds is 4. The summed E-state index contributed by atoms with van der Waals surface area (Å²) < 4.78 is 0. The summed E-state index contributed by atoms with van der Waals surface area (Å²) in [6.45, 7) is 2.20. The SMILES string of the molecule is CN[C@H](C)Cc1cccc(SC)c1. The van der Waals surface area contributed by atoms with Crippen LogP contribution in [0.3, 0.4) is 0 Å². The predicted molar refractivity (Wildman–Crippen MR) is 60.4 cm³/mol. The summed E-state index contributed by atoms with van der Waals surface area (Å²) in [5.74, 6) is 0. The molecule has 0 spiro atoms. The topological polar surface area (TPSA) is 12.0 Å². The second-order valence-electron chi connectivity index (χ2n) is 3.25. The van der Waals surface area contributed by atoms with E-state index in [4.69, 9.17) is 0 Å². The maximum Gasteiger partial charge on any atom is 0.00761 e. The van der Waals surface area contributed by atoms with Crippen LogP contribution in [0.5, 0.6) is 0 Å². The Hall–Kier alpha value is -0.470. The van der Waals surface area contributed by atoms with E-state index in [0.717, 1.165) is 6.42 Å². The Kier molecular flexibility index (Phi) is 4.33. The van der Waals surface area contributed by atoms with Gasteiger partial charge in [-0.25, -0.2) is 0 Å². The monoisotopic (exact) mass is 195 g/mol. The van der Waals surface area contributed by atoms with E-state index in [9.17, 15) is 0 Å². The molecule has 1 aromatic rings. The maximum absolute atomic E-state index is 3.24. The number of benzene rings is 1. The van der Waals surface area contributed by atoms with Crippen molar-refractivity contribution in [1.82, 2.24) is 5.32 Å². The van der Waals surface area contributed by atoms with Crippen LogP contribution in [0.4, 0.5) is 0 Å². The molecule has 1 nitrogen and oxygen atoms in total. The zero-order valence-corrected chi connectivity index (χ0v) is 9.32. The molecule has 1 N–H and O–H groups in total. The van der Waals surface area contributed by atoms with Crippen molar-refractivity contribution in [2.45, 2.75) is 24.3 Å². The third-order valence-electron chi connectivity index (χ3n) is 2.17. The van der Waals surface area contributed by atoms with Gasteiger partial charge in [-0.15, -0.1) is 11.8 Å². The average Bonchev–Trinajstić information content (AvgIpc) is 2.18. The summed E-state index contributed by atoms with van der Waals surface area (Å²) in [6.07, 6.45) is 3.21. The second kappa shape index (κ2) is 5.30. The largest absolute Gasteiger partial charge is 0.317 e. The lowest BCUT2D eigenvalue weighted by molar-refractivity contribution is 0.608. The molecule has 0 bridgehead atoms. The Balaban J connectivity index is 2.66. The van der Waals surface area contributed by atoms with Gasteiger partial charge in [-0.05, 0) is 44.3 Å². The Bertz CT molecular complexity index is 260. The first-order chi connectivity index (χ1) is 6.26. The van der Waals surface area contributed by atoms with Gasteiger partial charge in [0.15, 0.2) is 0 Å². The first-order valence-corrected chi connectivity index (χ1v) is 5.79. The summed E-state index contributed by atoms with van der Waals surface area (Å²) in [5.41, 5.74) is 1.41. The van der Waals surface area contributed by atoms with Crippen molar-refractivity contribution in [2.24, 2.45) is 0 Å². The lowest BCUT2D eigenvalue weighted by Gasteiger charge is -2.10. The average molecular weight is 195 g/mol. The van der Waals surface area contributed by atoms with Crippen LogP contribution in [0, 0.1) is 0 Å². The summed E-state index contributed by atoms with van der Waals surface area (Å²) in [7, 11) is 2.00. The Morgan fingerprint density at radius 2 is 2.23 bits per heavy atom. The first-order valence-electron chi connectivity index (χ1n) is 4.56. The number of hydrogen-bond donors (Lipinski definition) is 1. The quantitative estimate of drug-likeness (QED) is 0.741. The molecule has 1 atom stereocenters. The van der Waals surface area contributed by atoms with Crippen molar-refractivity contribution in [3.63, 3.8) is 0 Å². The molecule has 0 heterocycles. The van der Waals surface area contributed by atoms with Gasteiger partial charge in [-0.2, -0.15) is 0 Å². The summed E-state index contributed by atoms with van der Waals surface area (Å²) in [4.78, 5) is 1.35. The highest BCUT2D eigenvalue weighted by atomic mass is 32.2. The third kappa shape index (κ3) is 3.41. The van der Waals surface area contributed by atoms with Crippen molar-refractivity contribution in [1.29, 1.82) is 0 Å². The number of thioether (sulfide) groups is 1. The highest BCUT2D eigenvalue weighted by Gasteiger charge is 2.00. The van der Waals surface area contributed by atoms with Crippen LogP contribution < -0.4 is 5.32 Å². The highest BCUT2D eigenvalue weighted by Crippen LogP contribution is 2.16. The minimum absolute atomic E-state index is 0.553. The van der Waals surface area contributed by atoms with Gasteiger partial charge in [0.05, 0.1) is 0 Å². The Morgan fingerprint density at radius 3 is 2.85 bits per heavy atom. The maximum atomic E-state index is 3.24. The van der Waals surface area contributed by atoms with Gasteiger partial charge in [0, 0.05) is 10.9 Å². The second-order valence-corrected chi connectivity index (χ2v) is 4.13. The molecule has 72 valence electrons. The smallest absolute Gasteiger partial charge is 0.00761 e. The van der Waals surface area contributed by atoms with Gasteiger partial charge in [0.25, 0.3) is 0 Å². The normalized spacial score (nSPS) is 12.8. The lowest BCUT2D eigenvalue weighted by Crippen LogP contribution is -2.23. The van der Waals surface area contributed by atoms with Crippen LogP contribution in [0.25, 0.3) is 0 Å². The molecule has 0 radical (unpaired) electrons. The third-order valence-corrected chi connectivity index (χ3v) is 2.89. The van der Waals surface area contributed by atoms with E-state index in [2.05, 4.69) is 42.8 Å². The van der Waals surface area contributed by atoms with Crippen molar-refractivity contribution in [3.05, 3.63) is 29.8 Å². The molecule has 0 aromatic heterocycles. The van der Waals surface area contributed by atoms with E-state index in [0.29, 0.717) is 6.04 Å². The molecule has 0 saturated heterocycles. The Morgan fingerprint density at radius 1 is 1.46 bits per heavy atom. The first kappa shape index (κ1) is 10.6. The van der Waals surface area contributed by atoms with Gasteiger partial charge in [0.2, 0.25) is 0 Å². The molecule has 0 aliphatic heterocycles. The lowest BCUT2D eigenvalue weighted by atomic mass is 10.1. The zero-order chi connectivity index (χ0) is 9.68. The summed E-state index contributed by atoms with van der Waals surface area (Å²) in [5, 5.41) is 3.24. The summed E-state index contributed by atoms with van der Waals surface area (Å²) in [6, 6.07) is 9.28. The van der Waals surface area contributed by atoms with Crippen LogP contribution in [0.15, 0.2) is 29.2 Å². The molecule has 0 fully saturated rings. The minimum atomic E-state index is 0.553. The molecule has 0 aliphatic carbocycles. The minimum Gasteiger partial charge on any atom is -0.317 e. The van der Waals surface area contributed by atoms with E-state index in [1.54, 1.807) is 11.8 Å². The molecular formula is C11H17NS. The highest BCUT2D eigenvalue weighted by molar-refractivity contribution is 7.98. The van der Waals surface area contributed by atoms with Gasteiger partial charge in [0.1, 0.15) is 0 Å². The van der Waals surface area contributed by atoms with E-state index >= 15 is 0 Å². The van der Waals surface area contributed by atoms with Gasteiger partial charge < -0.3 is 5.32 Å². The van der Waals surface area contributed by atoms with Crippen LogP contribution in [-0.2, 0) is 6.42 Å². The molecule has 1 aromatic carbocycles. The van der Waals surface area contributed by atoms with Crippen LogP contribution in [0.2, 0.25) is 0 Å². The van der Waals surface area contributed by atoms with Gasteiger partial charge in [-0.1, -0.05) is 12.1 Å². The van der Waals surface area contributed by atoms with Crippen molar-refractivity contribution >= 4 is 11.8 Å². The number of likely N-dealkylation sites (N-methyl/N-ethyl adjacent to an activating group) is 1. The van der Waals surface area contributed by atoms with E-state index in [-0.39, 0.29) is 0 Å². The Labute approximate surface area is 84.9 Å². The molecule has 0 saturated carbocycles. The molecule has 1 rings (SSSR count). The predicted octanol–water partition coefficient (Wildman–Crippen LogP) is 2.56. The molecule has 2 heteroatoms. The molecule has 0 amide bonds. The van der Waals surface area contributed by atoms with E-state index < -0.39 is 0 Å². The van der Waals surface area contributed by atoms with Gasteiger partial charge >= 0.3 is 0 Å². The zero-order valence-electron chi connectivity index (χ0n) is 8.50. The number of hydrogen-bond acceptors (Lipinski definition) is 2. The molecule has 0 unspecified atom stereocenters. The van der Waals surface area contributed by atoms with Crippen LogP contribution in [0.1, 0.15) is 12.5 Å². The molecule has 13 heavy (non-hydrogen) atoms. The van der Waals surface area contributed by atoms with E-state index in [1.807, 2.05) is 7.05 Å². The van der Waals surface area contributed by atoms with Crippen molar-refractivity contribution < 1.29 is 0 Å². The molecule has 0 aliphatic rings. The standard InChI is InChI=1S/C11H17NS/c1-9(12-2)7-10-5-4-6-11(8-10)13-3/h4-6,8-9,12H,7H2,1-3H3/t9-/m1/s1. The molecular weight excluding hydrogens is 178 g/mol. The van der Waals surface area contributed by atoms with Crippen molar-refractivity contribution in [3.8, 4) is 0 Å². The number of nitrogens with one attached hydrogen (secondary N) is 1. The fraction of sp³-hybridized carbons (Fsp3) is 0.455. The summed E-state index contributed by atoms with van der Waals surface area (Å²) >= 11 is 1.80. The fourth-order valence-electron chi connectivity index (χ4n) is 1.26.